The van der Waals surface area contributed by atoms with Crippen molar-refractivity contribution in [2.75, 3.05) is 0 Å². The van der Waals surface area contributed by atoms with Gasteiger partial charge < -0.3 is 10.1 Å². The summed E-state index contributed by atoms with van der Waals surface area (Å²) in [5.74, 6) is -0.852. The number of aromatic amines is 1. The molecule has 0 aromatic carbocycles. The first-order valence-corrected chi connectivity index (χ1v) is 5.64. The lowest BCUT2D eigenvalue weighted by atomic mass is 10.1. The molecule has 1 atom stereocenters. The Morgan fingerprint density at radius 1 is 1.73 bits per heavy atom. The van der Waals surface area contributed by atoms with Gasteiger partial charge in [0, 0.05) is 17.6 Å². The van der Waals surface area contributed by atoms with Crippen molar-refractivity contribution in [2.45, 2.75) is 32.4 Å². The van der Waals surface area contributed by atoms with Crippen LogP contribution in [0.3, 0.4) is 0 Å². The molecule has 0 radical (unpaired) electrons. The van der Waals surface area contributed by atoms with Crippen LogP contribution in [0, 0.1) is 0 Å². The van der Waals surface area contributed by atoms with Gasteiger partial charge in [-0.1, -0.05) is 24.7 Å². The van der Waals surface area contributed by atoms with Gasteiger partial charge in [0.2, 0.25) is 0 Å². The van der Waals surface area contributed by atoms with E-state index in [-0.39, 0.29) is 4.87 Å². The van der Waals surface area contributed by atoms with Crippen molar-refractivity contribution in [2.24, 2.45) is 0 Å². The molecule has 0 fully saturated rings. The van der Waals surface area contributed by atoms with Gasteiger partial charge in [-0.3, -0.25) is 14.9 Å². The SMILES string of the molecule is CCCC(NCc1csc(=O)[nH]1)C(=O)O. The molecule has 3 N–H and O–H groups in total. The number of hydrogen-bond donors (Lipinski definition) is 3. The van der Waals surface area contributed by atoms with Crippen LogP contribution in [-0.2, 0) is 11.3 Å². The van der Waals surface area contributed by atoms with E-state index in [1.54, 1.807) is 5.38 Å². The summed E-state index contributed by atoms with van der Waals surface area (Å²) in [4.78, 5) is 24.1. The van der Waals surface area contributed by atoms with E-state index in [9.17, 15) is 9.59 Å². The van der Waals surface area contributed by atoms with Crippen molar-refractivity contribution in [3.63, 3.8) is 0 Å². The third-order valence-electron chi connectivity index (χ3n) is 1.99. The summed E-state index contributed by atoms with van der Waals surface area (Å²) in [6.07, 6.45) is 1.40. The predicted molar refractivity (Wildman–Crippen MR) is 58.1 cm³/mol. The van der Waals surface area contributed by atoms with E-state index >= 15 is 0 Å². The van der Waals surface area contributed by atoms with Crippen LogP contribution in [0.5, 0.6) is 0 Å². The molecule has 0 saturated heterocycles. The summed E-state index contributed by atoms with van der Waals surface area (Å²) in [5, 5.41) is 13.4. The van der Waals surface area contributed by atoms with Gasteiger partial charge in [-0.15, -0.1) is 0 Å². The van der Waals surface area contributed by atoms with E-state index in [0.29, 0.717) is 13.0 Å². The first-order chi connectivity index (χ1) is 7.13. The van der Waals surface area contributed by atoms with Crippen LogP contribution in [0.15, 0.2) is 10.2 Å². The second-order valence-corrected chi connectivity index (χ2v) is 4.08. The smallest absolute Gasteiger partial charge is 0.320 e. The Hall–Kier alpha value is -1.14. The fraction of sp³-hybridized carbons (Fsp3) is 0.556. The maximum absolute atomic E-state index is 10.8. The van der Waals surface area contributed by atoms with Crippen molar-refractivity contribution >= 4 is 17.3 Å². The van der Waals surface area contributed by atoms with Crippen molar-refractivity contribution in [1.29, 1.82) is 0 Å². The molecule has 5 nitrogen and oxygen atoms in total. The summed E-state index contributed by atoms with van der Waals surface area (Å²) in [6.45, 7) is 2.32. The van der Waals surface area contributed by atoms with E-state index in [1.165, 1.54) is 0 Å². The molecule has 0 aliphatic rings. The van der Waals surface area contributed by atoms with Crippen LogP contribution in [0.1, 0.15) is 25.5 Å². The summed E-state index contributed by atoms with van der Waals surface area (Å²) in [5.41, 5.74) is 0.729. The van der Waals surface area contributed by atoms with E-state index in [0.717, 1.165) is 23.5 Å². The second kappa shape index (κ2) is 5.67. The topological polar surface area (TPSA) is 82.2 Å². The van der Waals surface area contributed by atoms with Crippen molar-refractivity contribution in [1.82, 2.24) is 10.3 Å². The predicted octanol–water partition coefficient (Wildman–Crippen LogP) is 0.779. The number of carbonyl (C=O) groups is 1. The zero-order valence-corrected chi connectivity index (χ0v) is 9.26. The van der Waals surface area contributed by atoms with Gasteiger partial charge in [-0.25, -0.2) is 0 Å². The zero-order chi connectivity index (χ0) is 11.3. The number of carboxylic acid groups (broad SMARTS) is 1. The van der Waals surface area contributed by atoms with Crippen molar-refractivity contribution < 1.29 is 9.90 Å². The Kier molecular flexibility index (Phi) is 4.51. The first-order valence-electron chi connectivity index (χ1n) is 4.76. The van der Waals surface area contributed by atoms with Crippen LogP contribution in [0.25, 0.3) is 0 Å². The Morgan fingerprint density at radius 3 is 2.93 bits per heavy atom. The molecule has 1 aromatic rings. The molecule has 0 aliphatic carbocycles. The van der Waals surface area contributed by atoms with Gasteiger partial charge in [-0.2, -0.15) is 0 Å². The Bertz CT molecular complexity index is 371. The number of carboxylic acids is 1. The van der Waals surface area contributed by atoms with Crippen LogP contribution in [0.2, 0.25) is 0 Å². The molecular formula is C9H14N2O3S. The number of thiazole rings is 1. The molecule has 1 rings (SSSR count). The van der Waals surface area contributed by atoms with Gasteiger partial charge in [-0.05, 0) is 6.42 Å². The average molecular weight is 230 g/mol. The van der Waals surface area contributed by atoms with Crippen LogP contribution in [-0.4, -0.2) is 22.1 Å². The maximum atomic E-state index is 10.8. The van der Waals surface area contributed by atoms with E-state index in [4.69, 9.17) is 5.11 Å². The van der Waals surface area contributed by atoms with E-state index in [2.05, 4.69) is 10.3 Å². The third-order valence-corrected chi connectivity index (χ3v) is 2.70. The number of nitrogens with one attached hydrogen (secondary N) is 2. The molecule has 1 unspecified atom stereocenters. The third kappa shape index (κ3) is 3.85. The van der Waals surface area contributed by atoms with E-state index < -0.39 is 12.0 Å². The number of hydrogen-bond acceptors (Lipinski definition) is 4. The molecule has 6 heteroatoms. The van der Waals surface area contributed by atoms with Crippen LogP contribution < -0.4 is 10.2 Å². The fourth-order valence-electron chi connectivity index (χ4n) is 1.24. The number of aromatic nitrogens is 1. The van der Waals surface area contributed by atoms with Gasteiger partial charge in [0.25, 0.3) is 0 Å². The number of rotatable bonds is 6. The van der Waals surface area contributed by atoms with Gasteiger partial charge in [0.15, 0.2) is 0 Å². The monoisotopic (exact) mass is 230 g/mol. The van der Waals surface area contributed by atoms with E-state index in [1.807, 2.05) is 6.92 Å². The maximum Gasteiger partial charge on any atom is 0.320 e. The molecule has 0 saturated carbocycles. The van der Waals surface area contributed by atoms with Crippen LogP contribution in [0.4, 0.5) is 0 Å². The first kappa shape index (κ1) is 11.9. The fourth-order valence-corrected chi connectivity index (χ4v) is 1.82. The minimum atomic E-state index is -0.852. The Labute approximate surface area is 91.1 Å². The molecular weight excluding hydrogens is 216 g/mol. The van der Waals surface area contributed by atoms with Gasteiger partial charge >= 0.3 is 10.8 Å². The molecule has 1 aromatic heterocycles. The second-order valence-electron chi connectivity index (χ2n) is 3.23. The minimum absolute atomic E-state index is 0.117. The Balaban J connectivity index is 2.46. The molecule has 0 amide bonds. The highest BCUT2D eigenvalue weighted by atomic mass is 32.1. The molecule has 1 heterocycles. The summed E-state index contributed by atoms with van der Waals surface area (Å²) in [6, 6.07) is -0.543. The lowest BCUT2D eigenvalue weighted by molar-refractivity contribution is -0.139. The lowest BCUT2D eigenvalue weighted by Gasteiger charge is -2.12. The zero-order valence-electron chi connectivity index (χ0n) is 8.45. The molecule has 0 bridgehead atoms. The quantitative estimate of drug-likeness (QED) is 0.674. The number of H-pyrrole nitrogens is 1. The standard InChI is InChI=1S/C9H14N2O3S/c1-2-3-7(8(12)13)10-4-6-5-15-9(14)11-6/h5,7,10H,2-4H2,1H3,(H,11,14)(H,12,13). The summed E-state index contributed by atoms with van der Waals surface area (Å²) >= 11 is 1.08. The molecule has 0 spiro atoms. The summed E-state index contributed by atoms with van der Waals surface area (Å²) in [7, 11) is 0. The number of aliphatic carboxylic acids is 1. The molecule has 0 aliphatic heterocycles. The largest absolute Gasteiger partial charge is 0.480 e. The van der Waals surface area contributed by atoms with Crippen molar-refractivity contribution in [3.8, 4) is 0 Å². The van der Waals surface area contributed by atoms with Crippen LogP contribution >= 0.6 is 11.3 Å². The molecule has 15 heavy (non-hydrogen) atoms. The molecule has 84 valence electrons. The van der Waals surface area contributed by atoms with Gasteiger partial charge in [0.05, 0.1) is 0 Å². The van der Waals surface area contributed by atoms with Gasteiger partial charge in [0.1, 0.15) is 6.04 Å². The normalized spacial score (nSPS) is 12.6. The highest BCUT2D eigenvalue weighted by Crippen LogP contribution is 2.00. The van der Waals surface area contributed by atoms with Crippen molar-refractivity contribution in [3.05, 3.63) is 20.7 Å². The minimum Gasteiger partial charge on any atom is -0.480 e. The summed E-state index contributed by atoms with van der Waals surface area (Å²) < 4.78 is 0. The average Bonchev–Trinajstić information content (AvgIpc) is 2.58. The lowest BCUT2D eigenvalue weighted by Crippen LogP contribution is -2.36. The highest BCUT2D eigenvalue weighted by molar-refractivity contribution is 7.07. The Morgan fingerprint density at radius 2 is 2.47 bits per heavy atom. The highest BCUT2D eigenvalue weighted by Gasteiger charge is 2.15.